The van der Waals surface area contributed by atoms with Gasteiger partial charge in [0.05, 0.1) is 5.56 Å². The lowest BCUT2D eigenvalue weighted by Crippen LogP contribution is -1.92. The molecule has 3 rings (SSSR count). The number of benzene rings is 1. The van der Waals surface area contributed by atoms with Gasteiger partial charge in [-0.05, 0) is 29.7 Å². The average Bonchev–Trinajstić information content (AvgIpc) is 2.80. The maximum Gasteiger partial charge on any atom is 0.163 e. The van der Waals surface area contributed by atoms with Gasteiger partial charge in [0.15, 0.2) is 5.78 Å². The minimum absolute atomic E-state index is 0.205. The van der Waals surface area contributed by atoms with Gasteiger partial charge in [0.1, 0.15) is 6.07 Å². The maximum absolute atomic E-state index is 11.7. The Balaban J connectivity index is 2.10. The second-order valence-electron chi connectivity index (χ2n) is 4.37. The van der Waals surface area contributed by atoms with Crippen LogP contribution in [0.3, 0.4) is 0 Å². The van der Waals surface area contributed by atoms with E-state index in [-0.39, 0.29) is 5.78 Å². The standard InChI is InChI=1S/C15H10N2O/c16-7-10-5-13(9-17-8-10)12-2-1-11-3-4-15(18)14(11)6-12/h1-2,5-6,8-9H,3-4H2. The van der Waals surface area contributed by atoms with Crippen LogP contribution in [0.15, 0.2) is 36.7 Å². The van der Waals surface area contributed by atoms with Gasteiger partial charge in [-0.1, -0.05) is 12.1 Å². The van der Waals surface area contributed by atoms with Gasteiger partial charge in [0, 0.05) is 29.9 Å². The molecule has 1 heterocycles. The molecule has 0 fully saturated rings. The topological polar surface area (TPSA) is 53.8 Å². The fourth-order valence-corrected chi connectivity index (χ4v) is 2.28. The van der Waals surface area contributed by atoms with Gasteiger partial charge in [-0.25, -0.2) is 0 Å². The van der Waals surface area contributed by atoms with Crippen molar-refractivity contribution < 1.29 is 4.79 Å². The summed E-state index contributed by atoms with van der Waals surface area (Å²) in [5.74, 6) is 0.205. The molecule has 0 N–H and O–H groups in total. The van der Waals surface area contributed by atoms with E-state index >= 15 is 0 Å². The van der Waals surface area contributed by atoms with Gasteiger partial charge in [-0.15, -0.1) is 0 Å². The van der Waals surface area contributed by atoms with Crippen LogP contribution in [0.25, 0.3) is 11.1 Å². The molecule has 1 aromatic heterocycles. The first-order valence-electron chi connectivity index (χ1n) is 5.79. The number of hydrogen-bond acceptors (Lipinski definition) is 3. The first kappa shape index (κ1) is 10.7. The number of aryl methyl sites for hydroxylation is 1. The Kier molecular flexibility index (Phi) is 2.42. The van der Waals surface area contributed by atoms with Crippen molar-refractivity contribution in [3.63, 3.8) is 0 Å². The maximum atomic E-state index is 11.7. The fourth-order valence-electron chi connectivity index (χ4n) is 2.28. The van der Waals surface area contributed by atoms with E-state index < -0.39 is 0 Å². The molecule has 0 unspecified atom stereocenters. The predicted molar refractivity (Wildman–Crippen MR) is 67.0 cm³/mol. The van der Waals surface area contributed by atoms with Crippen LogP contribution in [-0.2, 0) is 6.42 Å². The lowest BCUT2D eigenvalue weighted by molar-refractivity contribution is 0.0994. The van der Waals surface area contributed by atoms with Gasteiger partial charge >= 0.3 is 0 Å². The van der Waals surface area contributed by atoms with Crippen molar-refractivity contribution >= 4 is 5.78 Å². The molecule has 0 saturated carbocycles. The minimum atomic E-state index is 0.205. The summed E-state index contributed by atoms with van der Waals surface area (Å²) >= 11 is 0. The molecule has 3 nitrogen and oxygen atoms in total. The number of carbonyl (C=O) groups excluding carboxylic acids is 1. The molecule has 86 valence electrons. The van der Waals surface area contributed by atoms with Crippen LogP contribution >= 0.6 is 0 Å². The summed E-state index contributed by atoms with van der Waals surface area (Å²) in [6, 6.07) is 9.74. The first-order chi connectivity index (χ1) is 8.78. The molecule has 0 aliphatic heterocycles. The van der Waals surface area contributed by atoms with E-state index in [2.05, 4.69) is 11.1 Å². The zero-order chi connectivity index (χ0) is 12.5. The van der Waals surface area contributed by atoms with Crippen LogP contribution in [-0.4, -0.2) is 10.8 Å². The molecule has 0 bridgehead atoms. The van der Waals surface area contributed by atoms with Crippen molar-refractivity contribution in [3.05, 3.63) is 53.3 Å². The summed E-state index contributed by atoms with van der Waals surface area (Å²) in [5, 5.41) is 8.86. The SMILES string of the molecule is N#Cc1cncc(-c2ccc3c(c2)C(=O)CC3)c1. The average molecular weight is 234 g/mol. The summed E-state index contributed by atoms with van der Waals surface area (Å²) < 4.78 is 0. The van der Waals surface area contributed by atoms with Crippen molar-refractivity contribution in [2.45, 2.75) is 12.8 Å². The molecule has 0 saturated heterocycles. The highest BCUT2D eigenvalue weighted by Gasteiger charge is 2.19. The number of nitrogens with zero attached hydrogens (tertiary/aromatic N) is 2. The Morgan fingerprint density at radius 1 is 1.11 bits per heavy atom. The van der Waals surface area contributed by atoms with Crippen LogP contribution in [0.1, 0.15) is 27.9 Å². The van der Waals surface area contributed by atoms with E-state index in [1.165, 1.54) is 6.20 Å². The van der Waals surface area contributed by atoms with E-state index in [0.29, 0.717) is 12.0 Å². The smallest absolute Gasteiger partial charge is 0.163 e. The van der Waals surface area contributed by atoms with Crippen molar-refractivity contribution in [2.75, 3.05) is 0 Å². The number of aromatic nitrogens is 1. The first-order valence-corrected chi connectivity index (χ1v) is 5.79. The summed E-state index contributed by atoms with van der Waals surface area (Å²) in [6.07, 6.45) is 4.68. The predicted octanol–water partition coefficient (Wildman–Crippen LogP) is 2.75. The molecule has 2 aromatic rings. The number of ketones is 1. The van der Waals surface area contributed by atoms with Crippen LogP contribution < -0.4 is 0 Å². The number of rotatable bonds is 1. The Morgan fingerprint density at radius 3 is 2.83 bits per heavy atom. The summed E-state index contributed by atoms with van der Waals surface area (Å²) in [6.45, 7) is 0. The Labute approximate surface area is 105 Å². The third kappa shape index (κ3) is 1.68. The number of fused-ring (bicyclic) bond motifs is 1. The summed E-state index contributed by atoms with van der Waals surface area (Å²) in [7, 11) is 0. The van der Waals surface area contributed by atoms with Crippen molar-refractivity contribution in [3.8, 4) is 17.2 Å². The summed E-state index contributed by atoms with van der Waals surface area (Å²) in [5.41, 5.74) is 4.27. The van der Waals surface area contributed by atoms with Gasteiger partial charge < -0.3 is 0 Å². The van der Waals surface area contributed by atoms with Crippen LogP contribution in [0, 0.1) is 11.3 Å². The Hall–Kier alpha value is -2.47. The highest BCUT2D eigenvalue weighted by Crippen LogP contribution is 2.28. The molecule has 0 amide bonds. The van der Waals surface area contributed by atoms with Crippen LogP contribution in [0.5, 0.6) is 0 Å². The van der Waals surface area contributed by atoms with Gasteiger partial charge in [0.25, 0.3) is 0 Å². The molecular formula is C15H10N2O. The van der Waals surface area contributed by atoms with Crippen LogP contribution in [0.2, 0.25) is 0 Å². The zero-order valence-corrected chi connectivity index (χ0v) is 9.68. The third-order valence-corrected chi connectivity index (χ3v) is 3.23. The Bertz CT molecular complexity index is 683. The monoisotopic (exact) mass is 234 g/mol. The molecule has 3 heteroatoms. The molecule has 18 heavy (non-hydrogen) atoms. The normalized spacial score (nSPS) is 13.2. The molecule has 0 atom stereocenters. The van der Waals surface area contributed by atoms with E-state index in [0.717, 1.165) is 28.7 Å². The minimum Gasteiger partial charge on any atom is -0.294 e. The number of pyridine rings is 1. The van der Waals surface area contributed by atoms with Gasteiger partial charge in [0.2, 0.25) is 0 Å². The van der Waals surface area contributed by atoms with Crippen molar-refractivity contribution in [1.29, 1.82) is 5.26 Å². The van der Waals surface area contributed by atoms with E-state index in [1.807, 2.05) is 18.2 Å². The van der Waals surface area contributed by atoms with E-state index in [9.17, 15) is 4.79 Å². The molecular weight excluding hydrogens is 224 g/mol. The highest BCUT2D eigenvalue weighted by molar-refractivity contribution is 6.01. The third-order valence-electron chi connectivity index (χ3n) is 3.23. The molecule has 1 aromatic carbocycles. The molecule has 1 aliphatic carbocycles. The van der Waals surface area contributed by atoms with Crippen molar-refractivity contribution in [1.82, 2.24) is 4.98 Å². The van der Waals surface area contributed by atoms with Gasteiger partial charge in [-0.3, -0.25) is 9.78 Å². The fraction of sp³-hybridized carbons (Fsp3) is 0.133. The van der Waals surface area contributed by atoms with E-state index in [4.69, 9.17) is 5.26 Å². The number of nitriles is 1. The second-order valence-corrected chi connectivity index (χ2v) is 4.37. The number of Topliss-reactive ketones (excluding diaryl/α,β-unsaturated/α-hetero) is 1. The summed E-state index contributed by atoms with van der Waals surface area (Å²) in [4.78, 5) is 15.7. The quantitative estimate of drug-likeness (QED) is 0.762. The Morgan fingerprint density at radius 2 is 2.00 bits per heavy atom. The zero-order valence-electron chi connectivity index (χ0n) is 9.68. The van der Waals surface area contributed by atoms with E-state index in [1.54, 1.807) is 12.3 Å². The number of hydrogen-bond donors (Lipinski definition) is 0. The molecule has 0 spiro atoms. The van der Waals surface area contributed by atoms with Gasteiger partial charge in [-0.2, -0.15) is 5.26 Å². The molecule has 0 radical (unpaired) electrons. The molecule has 1 aliphatic rings. The lowest BCUT2D eigenvalue weighted by atomic mass is 10.0. The lowest BCUT2D eigenvalue weighted by Gasteiger charge is -2.04. The largest absolute Gasteiger partial charge is 0.294 e. The van der Waals surface area contributed by atoms with Crippen LogP contribution in [0.4, 0.5) is 0 Å². The second kappa shape index (κ2) is 4.08. The highest BCUT2D eigenvalue weighted by atomic mass is 16.1. The van der Waals surface area contributed by atoms with Crippen molar-refractivity contribution in [2.24, 2.45) is 0 Å². The number of carbonyl (C=O) groups is 1.